The molecule has 0 atom stereocenters. The van der Waals surface area contributed by atoms with Crippen molar-refractivity contribution >= 4 is 29.3 Å². The molecule has 4 rings (SSSR count). The maximum Gasteiger partial charge on any atom is 0.438 e. The molecule has 0 bridgehead atoms. The first-order valence-electron chi connectivity index (χ1n) is 11.8. The summed E-state index contributed by atoms with van der Waals surface area (Å²) in [4.78, 5) is 38.5. The smallest absolute Gasteiger partial charge is 0.438 e. The lowest BCUT2D eigenvalue weighted by Crippen LogP contribution is -2.28. The highest BCUT2D eigenvalue weighted by Crippen LogP contribution is 2.32. The molecule has 13 heteroatoms. The molecule has 0 saturated carbocycles. The highest BCUT2D eigenvalue weighted by atomic mass is 35.5. The largest absolute Gasteiger partial charge is 0.497 e. The van der Waals surface area contributed by atoms with Gasteiger partial charge in [0.2, 0.25) is 0 Å². The van der Waals surface area contributed by atoms with Crippen LogP contribution in [0.15, 0.2) is 56.6 Å². The van der Waals surface area contributed by atoms with Gasteiger partial charge in [0.25, 0.3) is 5.56 Å². The van der Waals surface area contributed by atoms with Crippen LogP contribution in [0.1, 0.15) is 48.0 Å². The fourth-order valence-electron chi connectivity index (χ4n) is 3.75. The number of nitrogens with zero attached hydrogens (tertiary/aromatic N) is 3. The number of aromatic amines is 1. The molecule has 39 heavy (non-hydrogen) atoms. The van der Waals surface area contributed by atoms with Gasteiger partial charge in [0.1, 0.15) is 11.5 Å². The average Bonchev–Trinajstić information content (AvgIpc) is 3.32. The number of hydrogen-bond acceptors (Lipinski definition) is 8. The van der Waals surface area contributed by atoms with E-state index in [0.717, 1.165) is 11.3 Å². The molecular weight excluding hydrogens is 549 g/mol. The van der Waals surface area contributed by atoms with E-state index in [9.17, 15) is 14.4 Å². The zero-order chi connectivity index (χ0) is 28.1. The summed E-state index contributed by atoms with van der Waals surface area (Å²) in [6.45, 7) is 4.05. The van der Waals surface area contributed by atoms with Crippen LogP contribution in [0.4, 0.5) is 4.79 Å². The van der Waals surface area contributed by atoms with Crippen LogP contribution < -0.4 is 26.1 Å². The summed E-state index contributed by atoms with van der Waals surface area (Å²) >= 11 is 13.0. The summed E-state index contributed by atoms with van der Waals surface area (Å²) in [5.41, 5.74) is 2.49. The fraction of sp³-hybridized carbons (Fsp3) is 0.269. The molecule has 0 radical (unpaired) electrons. The van der Waals surface area contributed by atoms with Gasteiger partial charge in [-0.25, -0.2) is 14.3 Å². The van der Waals surface area contributed by atoms with Gasteiger partial charge in [0.05, 0.1) is 25.9 Å². The quantitative estimate of drug-likeness (QED) is 0.302. The van der Waals surface area contributed by atoms with Gasteiger partial charge in [-0.1, -0.05) is 54.3 Å². The second kappa shape index (κ2) is 12.2. The van der Waals surface area contributed by atoms with E-state index in [0.29, 0.717) is 16.8 Å². The van der Waals surface area contributed by atoms with E-state index in [1.165, 1.54) is 16.8 Å². The number of methoxy groups -OCH3 is 1. The Balaban J connectivity index is 1.53. The van der Waals surface area contributed by atoms with E-state index in [4.69, 9.17) is 32.7 Å². The maximum atomic E-state index is 13.1. The molecule has 4 aromatic rings. The van der Waals surface area contributed by atoms with Crippen molar-refractivity contribution in [2.75, 3.05) is 7.11 Å². The molecule has 0 unspecified atom stereocenters. The number of benzene rings is 2. The molecule has 2 N–H and O–H groups in total. The zero-order valence-corrected chi connectivity index (χ0v) is 22.8. The number of hydrogen-bond donors (Lipinski definition) is 2. The topological polar surface area (TPSA) is 141 Å². The number of aromatic nitrogens is 4. The van der Waals surface area contributed by atoms with E-state index in [1.807, 2.05) is 38.1 Å². The van der Waals surface area contributed by atoms with Gasteiger partial charge < -0.3 is 14.8 Å². The van der Waals surface area contributed by atoms with Crippen molar-refractivity contribution in [2.45, 2.75) is 39.3 Å². The number of ether oxygens (including phenoxy) is 2. The van der Waals surface area contributed by atoms with Crippen LogP contribution in [0.25, 0.3) is 0 Å². The third kappa shape index (κ3) is 7.06. The molecule has 0 saturated heterocycles. The van der Waals surface area contributed by atoms with Crippen molar-refractivity contribution in [3.63, 3.8) is 0 Å². The van der Waals surface area contributed by atoms with Crippen LogP contribution in [0.5, 0.6) is 11.5 Å². The maximum absolute atomic E-state index is 13.1. The first kappa shape index (κ1) is 27.9. The molecule has 204 valence electrons. The number of carbonyl (C=O) groups excluding carboxylic acids is 1. The summed E-state index contributed by atoms with van der Waals surface area (Å²) in [5, 5.41) is 11.0. The Morgan fingerprint density at radius 1 is 1.10 bits per heavy atom. The predicted octanol–water partition coefficient (Wildman–Crippen LogP) is 4.29. The highest BCUT2D eigenvalue weighted by Gasteiger charge is 2.17. The standard InChI is InChI=1S/C26H25Cl2N5O6/c1-14(2)19-8-16(31-33(24(19)34)13-15-4-6-17(37-3)7-5-15)9-20-21(27)10-18(11-22(20)28)38-25(35)29-12-23-30-26(36)39-32-23/h4-8,10-11,14H,9,12-13H2,1-3H3,(H,29,35)(H,30,32,36). The number of amides is 1. The first-order chi connectivity index (χ1) is 18.6. The van der Waals surface area contributed by atoms with Crippen molar-refractivity contribution < 1.29 is 18.8 Å². The molecular formula is C26H25Cl2N5O6. The summed E-state index contributed by atoms with van der Waals surface area (Å²) in [6, 6.07) is 12.1. The van der Waals surface area contributed by atoms with Crippen molar-refractivity contribution in [3.8, 4) is 11.5 Å². The minimum atomic E-state index is -0.812. The van der Waals surface area contributed by atoms with Crippen LogP contribution in [0.2, 0.25) is 10.0 Å². The van der Waals surface area contributed by atoms with E-state index in [2.05, 4.69) is 25.1 Å². The molecule has 2 heterocycles. The highest BCUT2D eigenvalue weighted by molar-refractivity contribution is 6.36. The van der Waals surface area contributed by atoms with E-state index >= 15 is 0 Å². The molecule has 0 fully saturated rings. The van der Waals surface area contributed by atoms with Crippen LogP contribution >= 0.6 is 23.2 Å². The Labute approximate surface area is 232 Å². The molecule has 0 aliphatic rings. The number of carbonyl (C=O) groups is 1. The lowest BCUT2D eigenvalue weighted by Gasteiger charge is -2.15. The Kier molecular flexibility index (Phi) is 8.72. The summed E-state index contributed by atoms with van der Waals surface area (Å²) in [6.07, 6.45) is -0.570. The molecule has 0 aliphatic carbocycles. The van der Waals surface area contributed by atoms with Gasteiger partial charge in [-0.2, -0.15) is 5.10 Å². The van der Waals surface area contributed by atoms with Gasteiger partial charge in [0, 0.05) is 22.0 Å². The molecule has 0 spiro atoms. The minimum absolute atomic E-state index is 0.0309. The Bertz CT molecular complexity index is 1570. The van der Waals surface area contributed by atoms with Gasteiger partial charge >= 0.3 is 11.8 Å². The van der Waals surface area contributed by atoms with Crippen molar-refractivity contribution in [1.29, 1.82) is 0 Å². The second-order valence-corrected chi connectivity index (χ2v) is 9.70. The Hall–Kier alpha value is -4.09. The molecule has 1 amide bonds. The van der Waals surface area contributed by atoms with Gasteiger partial charge in [-0.05, 0) is 47.4 Å². The van der Waals surface area contributed by atoms with Crippen LogP contribution in [0.3, 0.4) is 0 Å². The van der Waals surface area contributed by atoms with E-state index in [-0.39, 0.29) is 52.6 Å². The fourth-order valence-corrected chi connectivity index (χ4v) is 4.36. The van der Waals surface area contributed by atoms with Gasteiger partial charge in [0.15, 0.2) is 5.82 Å². The Morgan fingerprint density at radius 3 is 2.38 bits per heavy atom. The Morgan fingerprint density at radius 2 is 1.79 bits per heavy atom. The normalized spacial score (nSPS) is 11.0. The van der Waals surface area contributed by atoms with Crippen LogP contribution in [0, 0.1) is 0 Å². The summed E-state index contributed by atoms with van der Waals surface area (Å²) in [7, 11) is 1.59. The molecule has 2 aromatic heterocycles. The van der Waals surface area contributed by atoms with Gasteiger partial charge in [-0.15, -0.1) is 0 Å². The van der Waals surface area contributed by atoms with Crippen molar-refractivity contribution in [3.05, 3.63) is 102 Å². The third-order valence-corrected chi connectivity index (χ3v) is 6.41. The summed E-state index contributed by atoms with van der Waals surface area (Å²) < 4.78 is 16.2. The number of rotatable bonds is 9. The van der Waals surface area contributed by atoms with Crippen molar-refractivity contribution in [2.24, 2.45) is 0 Å². The van der Waals surface area contributed by atoms with E-state index in [1.54, 1.807) is 13.2 Å². The zero-order valence-electron chi connectivity index (χ0n) is 21.3. The monoisotopic (exact) mass is 573 g/mol. The van der Waals surface area contributed by atoms with Gasteiger partial charge in [-0.3, -0.25) is 14.3 Å². The molecule has 11 nitrogen and oxygen atoms in total. The lowest BCUT2D eigenvalue weighted by atomic mass is 10.0. The number of H-pyrrole nitrogens is 1. The number of nitrogens with one attached hydrogen (secondary N) is 2. The first-order valence-corrected chi connectivity index (χ1v) is 12.6. The molecule has 2 aromatic carbocycles. The molecule has 0 aliphatic heterocycles. The summed E-state index contributed by atoms with van der Waals surface area (Å²) in [5.74, 6) is 0.193. The third-order valence-electron chi connectivity index (χ3n) is 5.73. The SMILES string of the molecule is COc1ccc(Cn2nc(Cc3c(Cl)cc(OC(=O)NCc4noc(=O)[nH]4)cc3Cl)cc(C(C)C)c2=O)cc1. The van der Waals surface area contributed by atoms with Crippen LogP contribution in [-0.2, 0) is 19.5 Å². The number of halogens is 2. The van der Waals surface area contributed by atoms with E-state index < -0.39 is 11.8 Å². The average molecular weight is 574 g/mol. The predicted molar refractivity (Wildman–Crippen MR) is 144 cm³/mol. The van der Waals surface area contributed by atoms with Crippen molar-refractivity contribution in [1.82, 2.24) is 25.2 Å². The minimum Gasteiger partial charge on any atom is -0.497 e. The van der Waals surface area contributed by atoms with Crippen LogP contribution in [-0.4, -0.2) is 33.1 Å². The second-order valence-electron chi connectivity index (χ2n) is 8.88. The lowest BCUT2D eigenvalue weighted by molar-refractivity contribution is 0.199.